The van der Waals surface area contributed by atoms with E-state index in [1.807, 2.05) is 36.4 Å². The Bertz CT molecular complexity index is 1320. The van der Waals surface area contributed by atoms with Gasteiger partial charge in [-0.1, -0.05) is 17.7 Å². The van der Waals surface area contributed by atoms with Crippen molar-refractivity contribution in [1.82, 2.24) is 10.3 Å². The van der Waals surface area contributed by atoms with Crippen LogP contribution in [0.3, 0.4) is 0 Å². The molecule has 0 saturated carbocycles. The van der Waals surface area contributed by atoms with Crippen LogP contribution >= 0.6 is 23.8 Å². The lowest BCUT2D eigenvalue weighted by Crippen LogP contribution is -2.34. The Balaban J connectivity index is 1.50. The average Bonchev–Trinajstić information content (AvgIpc) is 3.22. The van der Waals surface area contributed by atoms with Crippen LogP contribution in [0.4, 0.5) is 5.69 Å². The monoisotopic (exact) mass is 467 g/mol. The Morgan fingerprint density at radius 2 is 1.91 bits per heavy atom. The topological polar surface area (TPSA) is 85.6 Å². The summed E-state index contributed by atoms with van der Waals surface area (Å²) in [6.07, 6.45) is 0. The van der Waals surface area contributed by atoms with Gasteiger partial charge in [-0.05, 0) is 60.7 Å². The van der Waals surface area contributed by atoms with Gasteiger partial charge in [0.05, 0.1) is 19.8 Å². The molecule has 0 atom stereocenters. The van der Waals surface area contributed by atoms with Crippen molar-refractivity contribution in [3.8, 4) is 23.0 Å². The number of halogens is 1. The summed E-state index contributed by atoms with van der Waals surface area (Å²) >= 11 is 11.3. The van der Waals surface area contributed by atoms with Gasteiger partial charge in [0.2, 0.25) is 5.89 Å². The van der Waals surface area contributed by atoms with Crippen molar-refractivity contribution in [2.45, 2.75) is 0 Å². The number of hydrogen-bond donors (Lipinski definition) is 2. The molecule has 7 nitrogen and oxygen atoms in total. The predicted octanol–water partition coefficient (Wildman–Crippen LogP) is 5.29. The zero-order valence-corrected chi connectivity index (χ0v) is 18.7. The van der Waals surface area contributed by atoms with E-state index in [0.717, 1.165) is 5.56 Å². The minimum Gasteiger partial charge on any atom is -0.497 e. The number of benzene rings is 3. The molecule has 0 saturated heterocycles. The van der Waals surface area contributed by atoms with E-state index in [-0.39, 0.29) is 10.7 Å². The van der Waals surface area contributed by atoms with Crippen LogP contribution in [-0.2, 0) is 0 Å². The van der Waals surface area contributed by atoms with Crippen LogP contribution in [0.5, 0.6) is 11.5 Å². The number of methoxy groups -OCH3 is 2. The first-order chi connectivity index (χ1) is 15.5. The molecule has 2 N–H and O–H groups in total. The van der Waals surface area contributed by atoms with Crippen LogP contribution in [0.25, 0.3) is 22.6 Å². The smallest absolute Gasteiger partial charge is 0.261 e. The lowest BCUT2D eigenvalue weighted by atomic mass is 10.2. The van der Waals surface area contributed by atoms with E-state index in [0.29, 0.717) is 39.2 Å². The minimum atomic E-state index is -0.439. The summed E-state index contributed by atoms with van der Waals surface area (Å²) in [4.78, 5) is 17.1. The molecule has 162 valence electrons. The Kier molecular flexibility index (Phi) is 6.25. The molecule has 0 fully saturated rings. The van der Waals surface area contributed by atoms with Gasteiger partial charge >= 0.3 is 0 Å². The van der Waals surface area contributed by atoms with E-state index in [4.69, 9.17) is 37.7 Å². The molecule has 1 aromatic heterocycles. The number of hydrogen-bond acceptors (Lipinski definition) is 6. The molecule has 4 aromatic rings. The van der Waals surface area contributed by atoms with Crippen molar-refractivity contribution in [1.29, 1.82) is 0 Å². The maximum atomic E-state index is 12.6. The summed E-state index contributed by atoms with van der Waals surface area (Å²) < 4.78 is 16.3. The lowest BCUT2D eigenvalue weighted by Gasteiger charge is -2.12. The van der Waals surface area contributed by atoms with Crippen molar-refractivity contribution in [3.05, 3.63) is 71.2 Å². The number of nitrogens with one attached hydrogen (secondary N) is 2. The van der Waals surface area contributed by atoms with Crippen LogP contribution in [-0.4, -0.2) is 30.2 Å². The molecular weight excluding hydrogens is 450 g/mol. The van der Waals surface area contributed by atoms with Gasteiger partial charge in [-0.15, -0.1) is 0 Å². The molecule has 0 spiro atoms. The third-order valence-electron chi connectivity index (χ3n) is 4.60. The summed E-state index contributed by atoms with van der Waals surface area (Å²) in [6.45, 7) is 0. The van der Waals surface area contributed by atoms with E-state index in [9.17, 15) is 4.79 Å². The molecule has 0 aliphatic heterocycles. The van der Waals surface area contributed by atoms with Gasteiger partial charge in [0.15, 0.2) is 10.7 Å². The highest BCUT2D eigenvalue weighted by atomic mass is 35.5. The molecule has 4 rings (SSSR count). The average molecular weight is 468 g/mol. The number of aromatic nitrogens is 1. The highest BCUT2D eigenvalue weighted by Crippen LogP contribution is 2.28. The first-order valence-electron chi connectivity index (χ1n) is 9.47. The Labute approximate surface area is 194 Å². The molecular formula is C23H18ClN3O4S. The van der Waals surface area contributed by atoms with Gasteiger partial charge in [-0.3, -0.25) is 10.1 Å². The number of fused-ring (bicyclic) bond motifs is 1. The number of rotatable bonds is 5. The Morgan fingerprint density at radius 1 is 1.06 bits per heavy atom. The van der Waals surface area contributed by atoms with Gasteiger partial charge in [0, 0.05) is 22.3 Å². The maximum Gasteiger partial charge on any atom is 0.261 e. The lowest BCUT2D eigenvalue weighted by molar-refractivity contribution is 0.0975. The number of carbonyl (C=O) groups excluding carboxylic acids is 1. The van der Waals surface area contributed by atoms with Gasteiger partial charge in [0.1, 0.15) is 17.0 Å². The number of nitrogens with zero attached hydrogens (tertiary/aromatic N) is 1. The highest BCUT2D eigenvalue weighted by Gasteiger charge is 2.15. The summed E-state index contributed by atoms with van der Waals surface area (Å²) in [6, 6.07) is 17.5. The van der Waals surface area contributed by atoms with Crippen LogP contribution in [0, 0.1) is 0 Å². The van der Waals surface area contributed by atoms with E-state index >= 15 is 0 Å². The summed E-state index contributed by atoms with van der Waals surface area (Å²) in [5.41, 5.74) is 3.02. The van der Waals surface area contributed by atoms with E-state index in [1.54, 1.807) is 25.3 Å². The maximum absolute atomic E-state index is 12.6. The van der Waals surface area contributed by atoms with E-state index in [1.165, 1.54) is 13.2 Å². The number of thiocarbonyl (C=S) groups is 1. The van der Waals surface area contributed by atoms with Crippen LogP contribution in [0.15, 0.2) is 65.1 Å². The van der Waals surface area contributed by atoms with Gasteiger partial charge in [-0.25, -0.2) is 4.98 Å². The van der Waals surface area contributed by atoms with Crippen molar-refractivity contribution in [2.24, 2.45) is 0 Å². The third-order valence-corrected chi connectivity index (χ3v) is 5.03. The second-order valence-electron chi connectivity index (χ2n) is 6.69. The first-order valence-corrected chi connectivity index (χ1v) is 10.3. The normalized spacial score (nSPS) is 10.6. The fourth-order valence-electron chi connectivity index (χ4n) is 3.08. The fraction of sp³-hybridized carbons (Fsp3) is 0.0870. The molecule has 1 heterocycles. The summed E-state index contributed by atoms with van der Waals surface area (Å²) in [5.74, 6) is 1.11. The first kappa shape index (κ1) is 21.6. The summed E-state index contributed by atoms with van der Waals surface area (Å²) in [7, 11) is 3.08. The second kappa shape index (κ2) is 9.25. The molecule has 0 unspecified atom stereocenters. The van der Waals surface area contributed by atoms with Gasteiger partial charge in [0.25, 0.3) is 5.91 Å². The standard InChI is InChI=1S/C23H18ClN3O4S/c1-29-16-7-9-20-18(12-16)26-22(31-20)13-4-3-5-15(10-13)25-23(32)27-21(28)17-11-14(24)6-8-19(17)30-2/h3-12H,1-2H3,(H2,25,27,28,32). The van der Waals surface area contributed by atoms with Crippen LogP contribution in [0.1, 0.15) is 10.4 Å². The number of oxazole rings is 1. The van der Waals surface area contributed by atoms with E-state index < -0.39 is 5.91 Å². The van der Waals surface area contributed by atoms with E-state index in [2.05, 4.69) is 15.6 Å². The zero-order chi connectivity index (χ0) is 22.7. The second-order valence-corrected chi connectivity index (χ2v) is 7.53. The molecule has 1 amide bonds. The third kappa shape index (κ3) is 4.66. The van der Waals surface area contributed by atoms with Crippen LogP contribution < -0.4 is 20.1 Å². The highest BCUT2D eigenvalue weighted by molar-refractivity contribution is 7.80. The number of amides is 1. The Morgan fingerprint density at radius 3 is 2.69 bits per heavy atom. The Hall–Kier alpha value is -3.62. The molecule has 0 aliphatic carbocycles. The molecule has 3 aromatic carbocycles. The molecule has 0 radical (unpaired) electrons. The van der Waals surface area contributed by atoms with Gasteiger partial charge < -0.3 is 19.2 Å². The van der Waals surface area contributed by atoms with Crippen molar-refractivity contribution in [2.75, 3.05) is 19.5 Å². The molecule has 9 heteroatoms. The quantitative estimate of drug-likeness (QED) is 0.385. The largest absolute Gasteiger partial charge is 0.497 e. The van der Waals surface area contributed by atoms with Crippen molar-refractivity contribution >= 4 is 51.6 Å². The van der Waals surface area contributed by atoms with Crippen molar-refractivity contribution < 1.29 is 18.7 Å². The van der Waals surface area contributed by atoms with Gasteiger partial charge in [-0.2, -0.15) is 0 Å². The molecule has 32 heavy (non-hydrogen) atoms. The molecule has 0 aliphatic rings. The zero-order valence-electron chi connectivity index (χ0n) is 17.1. The number of anilines is 1. The van der Waals surface area contributed by atoms with Crippen molar-refractivity contribution in [3.63, 3.8) is 0 Å². The fourth-order valence-corrected chi connectivity index (χ4v) is 3.46. The molecule has 0 bridgehead atoms. The van der Waals surface area contributed by atoms with Crippen LogP contribution in [0.2, 0.25) is 5.02 Å². The number of ether oxygens (including phenoxy) is 2. The SMILES string of the molecule is COc1ccc2oc(-c3cccc(NC(=S)NC(=O)c4cc(Cl)ccc4OC)c3)nc2c1. The number of carbonyl (C=O) groups is 1. The summed E-state index contributed by atoms with van der Waals surface area (Å²) in [5, 5.41) is 6.16. The predicted molar refractivity (Wildman–Crippen MR) is 128 cm³/mol. The minimum absolute atomic E-state index is 0.122.